The lowest BCUT2D eigenvalue weighted by molar-refractivity contribution is 0.599. The molecule has 2 heterocycles. The minimum atomic E-state index is -3.36. The molecule has 5 nitrogen and oxygen atoms in total. The number of H-pyrrole nitrogens is 1. The van der Waals surface area contributed by atoms with E-state index in [-0.39, 0.29) is 5.75 Å². The molecule has 0 aliphatic carbocycles. The van der Waals surface area contributed by atoms with Crippen molar-refractivity contribution in [1.29, 1.82) is 0 Å². The van der Waals surface area contributed by atoms with Crippen LogP contribution in [0.1, 0.15) is 6.92 Å². The number of thiophene rings is 1. The maximum absolute atomic E-state index is 12.3. The molecule has 0 atom stereocenters. The van der Waals surface area contributed by atoms with Gasteiger partial charge in [-0.05, 0) is 17.7 Å². The first-order chi connectivity index (χ1) is 9.94. The Balaban J connectivity index is 2.39. The summed E-state index contributed by atoms with van der Waals surface area (Å²) < 4.78 is 25.0. The van der Waals surface area contributed by atoms with Gasteiger partial charge in [0.15, 0.2) is 9.84 Å². The Labute approximate surface area is 130 Å². The van der Waals surface area contributed by atoms with Crippen LogP contribution in [0.2, 0.25) is 5.02 Å². The Hall–Kier alpha value is -1.57. The summed E-state index contributed by atoms with van der Waals surface area (Å²) in [4.78, 5) is 0.587. The number of halogens is 1. The van der Waals surface area contributed by atoms with Crippen molar-refractivity contribution in [3.63, 3.8) is 0 Å². The molecule has 3 aromatic rings. The van der Waals surface area contributed by atoms with E-state index in [1.165, 1.54) is 0 Å². The van der Waals surface area contributed by atoms with Crippen molar-refractivity contribution in [1.82, 2.24) is 10.2 Å². The average molecular weight is 342 g/mol. The molecule has 0 fully saturated rings. The molecule has 110 valence electrons. The number of aromatic amines is 1. The van der Waals surface area contributed by atoms with Crippen LogP contribution in [-0.4, -0.2) is 24.4 Å². The molecular weight excluding hydrogens is 330 g/mol. The minimum absolute atomic E-state index is 0.0281. The lowest BCUT2D eigenvalue weighted by Crippen LogP contribution is -2.03. The van der Waals surface area contributed by atoms with Crippen LogP contribution >= 0.6 is 22.9 Å². The highest BCUT2D eigenvalue weighted by atomic mass is 35.5. The van der Waals surface area contributed by atoms with Crippen molar-refractivity contribution in [2.45, 2.75) is 11.1 Å². The molecule has 8 heteroatoms. The number of benzene rings is 1. The molecule has 0 unspecified atom stereocenters. The predicted octanol–water partition coefficient (Wildman–Crippen LogP) is 3.32. The van der Waals surface area contributed by atoms with E-state index in [0.717, 1.165) is 16.9 Å². The SMILES string of the molecule is CCS(=O)(=O)c1sc2n[nH]c(N)c2c1-c1ccc(Cl)cc1. The van der Waals surface area contributed by atoms with Crippen LogP contribution in [0.4, 0.5) is 5.82 Å². The van der Waals surface area contributed by atoms with Gasteiger partial charge in [-0.1, -0.05) is 30.7 Å². The topological polar surface area (TPSA) is 88.8 Å². The van der Waals surface area contributed by atoms with Crippen molar-refractivity contribution in [2.24, 2.45) is 0 Å². The van der Waals surface area contributed by atoms with Crippen LogP contribution in [0.15, 0.2) is 28.5 Å². The molecule has 2 aromatic heterocycles. The summed E-state index contributed by atoms with van der Waals surface area (Å²) >= 11 is 7.03. The van der Waals surface area contributed by atoms with Crippen LogP contribution in [0.25, 0.3) is 21.3 Å². The molecule has 0 aliphatic rings. The minimum Gasteiger partial charge on any atom is -0.384 e. The van der Waals surface area contributed by atoms with E-state index < -0.39 is 9.84 Å². The zero-order chi connectivity index (χ0) is 15.2. The Morgan fingerprint density at radius 2 is 2.00 bits per heavy atom. The number of rotatable bonds is 3. The van der Waals surface area contributed by atoms with Crippen LogP contribution in [0, 0.1) is 0 Å². The number of aromatic nitrogens is 2. The number of nitrogens with one attached hydrogen (secondary N) is 1. The van der Waals surface area contributed by atoms with Gasteiger partial charge >= 0.3 is 0 Å². The van der Waals surface area contributed by atoms with Crippen LogP contribution in [0.5, 0.6) is 0 Å². The van der Waals surface area contributed by atoms with E-state index in [1.54, 1.807) is 31.2 Å². The fraction of sp³-hybridized carbons (Fsp3) is 0.154. The van der Waals surface area contributed by atoms with Crippen LogP contribution in [0.3, 0.4) is 0 Å². The smallest absolute Gasteiger partial charge is 0.188 e. The van der Waals surface area contributed by atoms with Gasteiger partial charge in [0, 0.05) is 10.6 Å². The molecule has 3 rings (SSSR count). The quantitative estimate of drug-likeness (QED) is 0.764. The lowest BCUT2D eigenvalue weighted by atomic mass is 10.1. The van der Waals surface area contributed by atoms with Crippen LogP contribution < -0.4 is 5.73 Å². The van der Waals surface area contributed by atoms with E-state index in [0.29, 0.717) is 30.8 Å². The van der Waals surface area contributed by atoms with Crippen molar-refractivity contribution >= 4 is 48.8 Å². The number of anilines is 1. The Morgan fingerprint density at radius 1 is 1.33 bits per heavy atom. The highest BCUT2D eigenvalue weighted by Crippen LogP contribution is 2.43. The monoisotopic (exact) mass is 341 g/mol. The zero-order valence-electron chi connectivity index (χ0n) is 11.1. The third-order valence-electron chi connectivity index (χ3n) is 3.20. The summed E-state index contributed by atoms with van der Waals surface area (Å²) in [5.74, 6) is 0.393. The Morgan fingerprint density at radius 3 is 2.62 bits per heavy atom. The summed E-state index contributed by atoms with van der Waals surface area (Å²) in [5.41, 5.74) is 7.26. The molecule has 3 N–H and O–H groups in total. The third-order valence-corrected chi connectivity index (χ3v) is 6.87. The Kier molecular flexibility index (Phi) is 3.43. The van der Waals surface area contributed by atoms with Gasteiger partial charge in [0.05, 0.1) is 11.1 Å². The van der Waals surface area contributed by atoms with Gasteiger partial charge in [-0.2, -0.15) is 5.10 Å². The number of nitrogens with zero attached hydrogens (tertiary/aromatic N) is 1. The van der Waals surface area contributed by atoms with Gasteiger partial charge in [-0.25, -0.2) is 8.42 Å². The number of nitrogen functional groups attached to an aromatic ring is 1. The molecule has 0 spiro atoms. The second-order valence-electron chi connectivity index (χ2n) is 4.49. The van der Waals surface area contributed by atoms with Gasteiger partial charge < -0.3 is 5.73 Å². The maximum atomic E-state index is 12.3. The standard InChI is InChI=1S/C13H12ClN3O2S2/c1-2-21(18,19)13-9(7-3-5-8(14)6-4-7)10-11(15)16-17-12(10)20-13/h3-6H,2H2,1H3,(H3,15,16,17). The highest BCUT2D eigenvalue weighted by molar-refractivity contribution is 7.93. The predicted molar refractivity (Wildman–Crippen MR) is 86.6 cm³/mol. The summed E-state index contributed by atoms with van der Waals surface area (Å²) in [6.07, 6.45) is 0. The van der Waals surface area contributed by atoms with E-state index in [2.05, 4.69) is 10.2 Å². The summed E-state index contributed by atoms with van der Waals surface area (Å²) in [6.45, 7) is 1.62. The van der Waals surface area contributed by atoms with E-state index >= 15 is 0 Å². The third kappa shape index (κ3) is 2.31. The number of sulfone groups is 1. The van der Waals surface area contributed by atoms with Crippen molar-refractivity contribution in [2.75, 3.05) is 11.5 Å². The van der Waals surface area contributed by atoms with Crippen molar-refractivity contribution < 1.29 is 8.42 Å². The number of hydrogen-bond acceptors (Lipinski definition) is 5. The first kappa shape index (κ1) is 14.4. The van der Waals surface area contributed by atoms with Crippen molar-refractivity contribution in [3.8, 4) is 11.1 Å². The number of hydrogen-bond donors (Lipinski definition) is 2. The second-order valence-corrected chi connectivity index (χ2v) is 8.40. The van der Waals surface area contributed by atoms with E-state index in [4.69, 9.17) is 17.3 Å². The fourth-order valence-corrected chi connectivity index (χ4v) is 5.04. The second kappa shape index (κ2) is 5.01. The average Bonchev–Trinajstić information content (AvgIpc) is 3.01. The molecule has 0 amide bonds. The molecule has 1 aromatic carbocycles. The summed E-state index contributed by atoms with van der Waals surface area (Å²) in [6, 6.07) is 7.01. The van der Waals surface area contributed by atoms with Gasteiger partial charge in [0.25, 0.3) is 0 Å². The normalized spacial score (nSPS) is 12.1. The fourth-order valence-electron chi connectivity index (χ4n) is 2.12. The first-order valence-electron chi connectivity index (χ1n) is 6.19. The molecule has 21 heavy (non-hydrogen) atoms. The molecular formula is C13H12ClN3O2S2. The molecule has 0 bridgehead atoms. The first-order valence-corrected chi connectivity index (χ1v) is 9.03. The zero-order valence-corrected chi connectivity index (χ0v) is 13.4. The molecule has 0 aliphatic heterocycles. The van der Waals surface area contributed by atoms with Gasteiger partial charge in [0.2, 0.25) is 0 Å². The molecule has 0 saturated carbocycles. The van der Waals surface area contributed by atoms with E-state index in [1.807, 2.05) is 0 Å². The lowest BCUT2D eigenvalue weighted by Gasteiger charge is -2.05. The highest BCUT2D eigenvalue weighted by Gasteiger charge is 2.26. The number of fused-ring (bicyclic) bond motifs is 1. The molecule has 0 radical (unpaired) electrons. The van der Waals surface area contributed by atoms with Gasteiger partial charge in [-0.15, -0.1) is 11.3 Å². The van der Waals surface area contributed by atoms with Crippen molar-refractivity contribution in [3.05, 3.63) is 29.3 Å². The van der Waals surface area contributed by atoms with Gasteiger partial charge in [0.1, 0.15) is 14.9 Å². The van der Waals surface area contributed by atoms with Gasteiger partial charge in [-0.3, -0.25) is 5.10 Å². The van der Waals surface area contributed by atoms with E-state index in [9.17, 15) is 8.42 Å². The maximum Gasteiger partial charge on any atom is 0.188 e. The largest absolute Gasteiger partial charge is 0.384 e. The summed E-state index contributed by atoms with van der Waals surface area (Å²) in [5, 5.41) is 8.00. The Bertz CT molecular complexity index is 911. The molecule has 0 saturated heterocycles. The van der Waals surface area contributed by atoms with Crippen LogP contribution in [-0.2, 0) is 9.84 Å². The number of nitrogens with two attached hydrogens (primary N) is 1. The summed E-state index contributed by atoms with van der Waals surface area (Å²) in [7, 11) is -3.36.